The van der Waals surface area contributed by atoms with Crippen LogP contribution >= 0.6 is 11.6 Å². The molecular formula is C18H12ClNO. The van der Waals surface area contributed by atoms with Crippen LogP contribution in [0.4, 0.5) is 0 Å². The average molecular weight is 294 g/mol. The molecule has 0 saturated heterocycles. The fraction of sp³-hybridized carbons (Fsp3) is 0.0556. The highest BCUT2D eigenvalue weighted by molar-refractivity contribution is 6.31. The minimum absolute atomic E-state index is 0.374. The van der Waals surface area contributed by atoms with Crippen LogP contribution in [0.2, 0.25) is 5.02 Å². The number of ether oxygens (including phenoxy) is 1. The van der Waals surface area contributed by atoms with Crippen LogP contribution in [-0.2, 0) is 6.61 Å². The Bertz CT molecular complexity index is 831. The fourth-order valence-corrected chi connectivity index (χ4v) is 2.52. The highest BCUT2D eigenvalue weighted by atomic mass is 35.5. The summed E-state index contributed by atoms with van der Waals surface area (Å²) < 4.78 is 5.80. The fourth-order valence-electron chi connectivity index (χ4n) is 2.31. The zero-order chi connectivity index (χ0) is 14.7. The first-order valence-electron chi connectivity index (χ1n) is 6.57. The molecule has 3 heteroatoms. The Labute approximate surface area is 128 Å². The van der Waals surface area contributed by atoms with Gasteiger partial charge in [0.25, 0.3) is 0 Å². The first kappa shape index (κ1) is 13.5. The second-order valence-corrected chi connectivity index (χ2v) is 5.06. The quantitative estimate of drug-likeness (QED) is 0.685. The number of nitrogens with zero attached hydrogens (tertiary/aromatic N) is 1. The van der Waals surface area contributed by atoms with Crippen molar-refractivity contribution in [1.29, 1.82) is 5.26 Å². The first-order valence-corrected chi connectivity index (χ1v) is 6.95. The zero-order valence-corrected chi connectivity index (χ0v) is 12.0. The molecule has 3 rings (SSSR count). The molecule has 2 nitrogen and oxygen atoms in total. The molecule has 0 radical (unpaired) electrons. The maximum atomic E-state index is 9.15. The molecule has 0 heterocycles. The second kappa shape index (κ2) is 5.87. The molecule has 3 aromatic carbocycles. The summed E-state index contributed by atoms with van der Waals surface area (Å²) in [6.07, 6.45) is 0. The monoisotopic (exact) mass is 293 g/mol. The Balaban J connectivity index is 1.91. The Kier molecular flexibility index (Phi) is 3.77. The second-order valence-electron chi connectivity index (χ2n) is 4.65. The van der Waals surface area contributed by atoms with Crippen LogP contribution in [0, 0.1) is 11.3 Å². The van der Waals surface area contributed by atoms with Gasteiger partial charge in [-0.05, 0) is 28.5 Å². The maximum Gasteiger partial charge on any atom is 0.139 e. The van der Waals surface area contributed by atoms with Gasteiger partial charge in [-0.2, -0.15) is 5.26 Å². The number of hydrogen-bond donors (Lipinski definition) is 0. The van der Waals surface area contributed by atoms with Crippen LogP contribution in [0.1, 0.15) is 11.1 Å². The van der Waals surface area contributed by atoms with Crippen LogP contribution in [0.5, 0.6) is 5.75 Å². The molecule has 0 bridgehead atoms. The number of nitriles is 1. The Morgan fingerprint density at radius 3 is 2.57 bits per heavy atom. The molecule has 0 aliphatic carbocycles. The predicted molar refractivity (Wildman–Crippen MR) is 84.4 cm³/mol. The third-order valence-electron chi connectivity index (χ3n) is 3.35. The number of halogens is 1. The highest BCUT2D eigenvalue weighted by Crippen LogP contribution is 2.27. The van der Waals surface area contributed by atoms with Crippen LogP contribution in [0.25, 0.3) is 10.8 Å². The van der Waals surface area contributed by atoms with Gasteiger partial charge in [0.1, 0.15) is 24.0 Å². The van der Waals surface area contributed by atoms with Gasteiger partial charge in [-0.15, -0.1) is 0 Å². The van der Waals surface area contributed by atoms with E-state index in [1.807, 2.05) is 24.3 Å². The number of rotatable bonds is 3. The van der Waals surface area contributed by atoms with Gasteiger partial charge in [0.2, 0.25) is 0 Å². The maximum absolute atomic E-state index is 9.15. The molecule has 21 heavy (non-hydrogen) atoms. The van der Waals surface area contributed by atoms with Crippen molar-refractivity contribution in [3.8, 4) is 11.8 Å². The SMILES string of the molecule is N#Cc1c(Cl)cccc1OCc1cccc2ccccc12. The van der Waals surface area contributed by atoms with Crippen molar-refractivity contribution in [1.82, 2.24) is 0 Å². The molecule has 0 unspecified atom stereocenters. The Morgan fingerprint density at radius 2 is 1.71 bits per heavy atom. The van der Waals surface area contributed by atoms with Crippen molar-refractivity contribution >= 4 is 22.4 Å². The van der Waals surface area contributed by atoms with E-state index >= 15 is 0 Å². The van der Waals surface area contributed by atoms with Crippen molar-refractivity contribution in [3.63, 3.8) is 0 Å². The minimum atomic E-state index is 0.374. The smallest absolute Gasteiger partial charge is 0.139 e. The summed E-state index contributed by atoms with van der Waals surface area (Å²) >= 11 is 6.00. The van der Waals surface area contributed by atoms with Crippen LogP contribution in [0.15, 0.2) is 60.7 Å². The Hall–Kier alpha value is -2.50. The van der Waals surface area contributed by atoms with Gasteiger partial charge in [-0.25, -0.2) is 0 Å². The topological polar surface area (TPSA) is 33.0 Å². The lowest BCUT2D eigenvalue weighted by atomic mass is 10.1. The molecule has 0 aliphatic rings. The summed E-state index contributed by atoms with van der Waals surface area (Å²) in [5.41, 5.74) is 1.45. The highest BCUT2D eigenvalue weighted by Gasteiger charge is 2.08. The summed E-state index contributed by atoms with van der Waals surface area (Å²) in [6.45, 7) is 0.399. The molecule has 0 fully saturated rings. The molecule has 0 amide bonds. The lowest BCUT2D eigenvalue weighted by Gasteiger charge is -2.10. The summed E-state index contributed by atoms with van der Waals surface area (Å²) in [5, 5.41) is 11.9. The molecule has 0 saturated carbocycles. The van der Waals surface area contributed by atoms with Gasteiger partial charge in [0.05, 0.1) is 5.02 Å². The molecule has 102 valence electrons. The Morgan fingerprint density at radius 1 is 0.952 bits per heavy atom. The first-order chi connectivity index (χ1) is 10.3. The largest absolute Gasteiger partial charge is 0.487 e. The van der Waals surface area contributed by atoms with E-state index in [1.54, 1.807) is 18.2 Å². The van der Waals surface area contributed by atoms with E-state index in [-0.39, 0.29) is 0 Å². The van der Waals surface area contributed by atoms with Crippen molar-refractivity contribution in [2.45, 2.75) is 6.61 Å². The number of hydrogen-bond acceptors (Lipinski definition) is 2. The molecular weight excluding hydrogens is 282 g/mol. The predicted octanol–water partition coefficient (Wildman–Crippen LogP) is 4.94. The van der Waals surface area contributed by atoms with Gasteiger partial charge in [-0.1, -0.05) is 60.1 Å². The van der Waals surface area contributed by atoms with Crippen LogP contribution < -0.4 is 4.74 Å². The minimum Gasteiger partial charge on any atom is -0.487 e. The molecule has 0 spiro atoms. The third-order valence-corrected chi connectivity index (χ3v) is 3.67. The summed E-state index contributed by atoms with van der Waals surface area (Å²) in [7, 11) is 0. The van der Waals surface area contributed by atoms with Crippen LogP contribution in [-0.4, -0.2) is 0 Å². The molecule has 0 atom stereocenters. The van der Waals surface area contributed by atoms with Crippen molar-refractivity contribution in [3.05, 3.63) is 76.8 Å². The van der Waals surface area contributed by atoms with E-state index in [4.69, 9.17) is 21.6 Å². The number of fused-ring (bicyclic) bond motifs is 1. The molecule has 3 aromatic rings. The third kappa shape index (κ3) is 2.69. The normalized spacial score (nSPS) is 10.3. The van der Waals surface area contributed by atoms with Crippen molar-refractivity contribution in [2.24, 2.45) is 0 Å². The van der Waals surface area contributed by atoms with E-state index in [9.17, 15) is 0 Å². The van der Waals surface area contributed by atoms with Gasteiger partial charge >= 0.3 is 0 Å². The molecule has 0 aromatic heterocycles. The van der Waals surface area contributed by atoms with Gasteiger partial charge in [-0.3, -0.25) is 0 Å². The summed E-state index contributed by atoms with van der Waals surface area (Å²) in [5.74, 6) is 0.512. The van der Waals surface area contributed by atoms with Gasteiger partial charge in [0, 0.05) is 0 Å². The molecule has 0 N–H and O–H groups in total. The lowest BCUT2D eigenvalue weighted by Crippen LogP contribution is -1.98. The zero-order valence-electron chi connectivity index (χ0n) is 11.2. The van der Waals surface area contributed by atoms with E-state index in [1.165, 1.54) is 5.39 Å². The van der Waals surface area contributed by atoms with E-state index in [0.29, 0.717) is 22.9 Å². The van der Waals surface area contributed by atoms with Crippen molar-refractivity contribution in [2.75, 3.05) is 0 Å². The summed E-state index contributed by atoms with van der Waals surface area (Å²) in [4.78, 5) is 0. The lowest BCUT2D eigenvalue weighted by molar-refractivity contribution is 0.307. The number of benzene rings is 3. The van der Waals surface area contributed by atoms with Gasteiger partial charge < -0.3 is 4.74 Å². The summed E-state index contributed by atoms with van der Waals surface area (Å²) in [6, 6.07) is 21.6. The van der Waals surface area contributed by atoms with E-state index in [0.717, 1.165) is 10.9 Å². The molecule has 0 aliphatic heterocycles. The average Bonchev–Trinajstić information content (AvgIpc) is 2.53. The standard InChI is InChI=1S/C18H12ClNO/c19-17-9-4-10-18(16(17)11-20)21-12-14-7-3-6-13-5-1-2-8-15(13)14/h1-10H,12H2. The van der Waals surface area contributed by atoms with Crippen LogP contribution in [0.3, 0.4) is 0 Å². The van der Waals surface area contributed by atoms with E-state index < -0.39 is 0 Å². The van der Waals surface area contributed by atoms with Gasteiger partial charge in [0.15, 0.2) is 0 Å². The van der Waals surface area contributed by atoms with Crippen molar-refractivity contribution < 1.29 is 4.74 Å². The van der Waals surface area contributed by atoms with E-state index in [2.05, 4.69) is 24.3 Å².